The maximum absolute atomic E-state index is 13.0. The molecular formula is C23H23ClN6O4. The van der Waals surface area contributed by atoms with E-state index in [-0.39, 0.29) is 12.1 Å². The second-order valence-corrected chi connectivity index (χ2v) is 8.33. The van der Waals surface area contributed by atoms with Gasteiger partial charge in [0.25, 0.3) is 0 Å². The highest BCUT2D eigenvalue weighted by molar-refractivity contribution is 6.29. The zero-order valence-electron chi connectivity index (χ0n) is 18.5. The summed E-state index contributed by atoms with van der Waals surface area (Å²) in [6.45, 7) is 1.98. The van der Waals surface area contributed by atoms with Crippen molar-refractivity contribution in [2.75, 3.05) is 32.2 Å². The van der Waals surface area contributed by atoms with Crippen LogP contribution in [0.2, 0.25) is 5.15 Å². The normalized spacial score (nSPS) is 17.2. The van der Waals surface area contributed by atoms with Crippen molar-refractivity contribution < 1.29 is 19.0 Å². The number of amides is 2. The Bertz CT molecular complexity index is 1190. The maximum atomic E-state index is 13.0. The molecule has 3 aromatic heterocycles. The predicted molar refractivity (Wildman–Crippen MR) is 124 cm³/mol. The molecule has 34 heavy (non-hydrogen) atoms. The van der Waals surface area contributed by atoms with Crippen LogP contribution in [0.25, 0.3) is 11.4 Å². The Kier molecular flexibility index (Phi) is 6.41. The highest BCUT2D eigenvalue weighted by atomic mass is 35.5. The Morgan fingerprint density at radius 3 is 2.94 bits per heavy atom. The Morgan fingerprint density at radius 1 is 1.26 bits per heavy atom. The first-order valence-corrected chi connectivity index (χ1v) is 11.3. The van der Waals surface area contributed by atoms with Crippen LogP contribution in [0, 0.1) is 0 Å². The molecule has 0 spiro atoms. The van der Waals surface area contributed by atoms with Gasteiger partial charge in [-0.1, -0.05) is 11.6 Å². The van der Waals surface area contributed by atoms with Crippen LogP contribution in [0.15, 0.2) is 36.7 Å². The molecule has 0 saturated carbocycles. The van der Waals surface area contributed by atoms with Crippen molar-refractivity contribution in [2.24, 2.45) is 0 Å². The first kappa shape index (κ1) is 22.3. The number of urea groups is 1. The Hall–Kier alpha value is -3.50. The van der Waals surface area contributed by atoms with Crippen molar-refractivity contribution in [1.29, 1.82) is 0 Å². The number of hydrogen-bond acceptors (Lipinski definition) is 8. The van der Waals surface area contributed by atoms with Crippen LogP contribution in [-0.4, -0.2) is 63.8 Å². The van der Waals surface area contributed by atoms with Crippen LogP contribution in [-0.2, 0) is 17.7 Å². The van der Waals surface area contributed by atoms with Crippen LogP contribution < -0.4 is 14.8 Å². The molecule has 10 nitrogen and oxygen atoms in total. The van der Waals surface area contributed by atoms with Gasteiger partial charge >= 0.3 is 6.03 Å². The van der Waals surface area contributed by atoms with Crippen molar-refractivity contribution in [3.8, 4) is 23.1 Å². The Balaban J connectivity index is 1.41. The van der Waals surface area contributed by atoms with E-state index in [1.165, 1.54) is 7.11 Å². The zero-order chi connectivity index (χ0) is 23.5. The molecule has 1 atom stereocenters. The molecule has 1 N–H and O–H groups in total. The molecule has 2 aliphatic heterocycles. The number of methoxy groups -OCH3 is 1. The van der Waals surface area contributed by atoms with E-state index in [0.29, 0.717) is 61.1 Å². The van der Waals surface area contributed by atoms with Gasteiger partial charge in [0.15, 0.2) is 5.82 Å². The Morgan fingerprint density at radius 2 is 2.18 bits per heavy atom. The van der Waals surface area contributed by atoms with Gasteiger partial charge in [0.2, 0.25) is 11.8 Å². The summed E-state index contributed by atoms with van der Waals surface area (Å²) < 4.78 is 16.8. The quantitative estimate of drug-likeness (QED) is 0.551. The minimum atomic E-state index is -0.236. The lowest BCUT2D eigenvalue weighted by Crippen LogP contribution is -2.39. The number of ether oxygens (including phenoxy) is 3. The first-order chi connectivity index (χ1) is 16.6. The van der Waals surface area contributed by atoms with E-state index in [9.17, 15) is 4.79 Å². The number of nitrogens with zero attached hydrogens (tertiary/aromatic N) is 5. The van der Waals surface area contributed by atoms with Gasteiger partial charge in [0, 0.05) is 49.1 Å². The third-order valence-electron chi connectivity index (χ3n) is 5.66. The fraction of sp³-hybridized carbons (Fsp3) is 0.348. The minimum Gasteiger partial charge on any atom is -0.481 e. The van der Waals surface area contributed by atoms with E-state index in [1.54, 1.807) is 35.5 Å². The molecule has 3 aromatic rings. The van der Waals surface area contributed by atoms with E-state index < -0.39 is 0 Å². The zero-order valence-corrected chi connectivity index (χ0v) is 19.3. The number of rotatable bonds is 5. The average Bonchev–Trinajstić information content (AvgIpc) is 3.37. The van der Waals surface area contributed by atoms with Gasteiger partial charge in [-0.2, -0.15) is 4.98 Å². The summed E-state index contributed by atoms with van der Waals surface area (Å²) in [7, 11) is 1.53. The van der Waals surface area contributed by atoms with Gasteiger partial charge in [0.05, 0.1) is 38.1 Å². The molecule has 176 valence electrons. The molecule has 11 heteroatoms. The lowest BCUT2D eigenvalue weighted by atomic mass is 10.1. The van der Waals surface area contributed by atoms with E-state index in [0.717, 1.165) is 23.2 Å². The lowest BCUT2D eigenvalue weighted by molar-refractivity contribution is 0.135. The van der Waals surface area contributed by atoms with Crippen molar-refractivity contribution in [2.45, 2.75) is 25.5 Å². The van der Waals surface area contributed by atoms with Crippen molar-refractivity contribution >= 4 is 23.3 Å². The molecule has 0 aromatic carbocycles. The molecule has 0 radical (unpaired) electrons. The minimum absolute atomic E-state index is 0.0938. The second kappa shape index (κ2) is 9.78. The predicted octanol–water partition coefficient (Wildman–Crippen LogP) is 3.35. The van der Waals surface area contributed by atoms with Gasteiger partial charge in [-0.15, -0.1) is 0 Å². The van der Waals surface area contributed by atoms with Gasteiger partial charge < -0.3 is 24.4 Å². The van der Waals surface area contributed by atoms with Crippen molar-refractivity contribution in [1.82, 2.24) is 24.8 Å². The summed E-state index contributed by atoms with van der Waals surface area (Å²) in [5.74, 6) is 1.40. The number of pyridine rings is 2. The largest absolute Gasteiger partial charge is 0.481 e. The van der Waals surface area contributed by atoms with Crippen molar-refractivity contribution in [3.63, 3.8) is 0 Å². The number of anilines is 1. The SMILES string of the molecule is COc1cc(NC(=O)N2CCc3nc(-c4ccc(Cl)nc4)nc(O[C@@H]4CCOC4)c3C2)ccn1. The summed E-state index contributed by atoms with van der Waals surface area (Å²) in [5, 5.41) is 3.29. The van der Waals surface area contributed by atoms with Gasteiger partial charge in [0.1, 0.15) is 11.3 Å². The van der Waals surface area contributed by atoms with Gasteiger partial charge in [-0.3, -0.25) is 0 Å². The van der Waals surface area contributed by atoms with Crippen LogP contribution in [0.5, 0.6) is 11.8 Å². The number of hydrogen-bond donors (Lipinski definition) is 1. The van der Waals surface area contributed by atoms with Crippen LogP contribution in [0.1, 0.15) is 17.7 Å². The summed E-state index contributed by atoms with van der Waals surface area (Å²) in [4.78, 5) is 32.3. The third kappa shape index (κ3) is 4.87. The summed E-state index contributed by atoms with van der Waals surface area (Å²) in [6.07, 6.45) is 4.47. The highest BCUT2D eigenvalue weighted by Gasteiger charge is 2.29. The molecule has 5 heterocycles. The number of halogens is 1. The number of aromatic nitrogens is 4. The van der Waals surface area contributed by atoms with Crippen LogP contribution in [0.4, 0.5) is 10.5 Å². The van der Waals surface area contributed by atoms with Gasteiger partial charge in [-0.05, 0) is 18.2 Å². The molecule has 1 fully saturated rings. The van der Waals surface area contributed by atoms with E-state index in [2.05, 4.69) is 15.3 Å². The highest BCUT2D eigenvalue weighted by Crippen LogP contribution is 2.31. The smallest absolute Gasteiger partial charge is 0.322 e. The third-order valence-corrected chi connectivity index (χ3v) is 5.88. The molecule has 2 amide bonds. The number of nitrogens with one attached hydrogen (secondary N) is 1. The van der Waals surface area contributed by atoms with Crippen molar-refractivity contribution in [3.05, 3.63) is 53.1 Å². The summed E-state index contributed by atoms with van der Waals surface area (Å²) in [6, 6.07) is 6.67. The van der Waals surface area contributed by atoms with Crippen LogP contribution >= 0.6 is 11.6 Å². The van der Waals surface area contributed by atoms with E-state index >= 15 is 0 Å². The van der Waals surface area contributed by atoms with Crippen LogP contribution in [0.3, 0.4) is 0 Å². The van der Waals surface area contributed by atoms with Gasteiger partial charge in [-0.25, -0.2) is 19.7 Å². The molecular weight excluding hydrogens is 460 g/mol. The number of fused-ring (bicyclic) bond motifs is 1. The van der Waals surface area contributed by atoms with E-state index in [4.69, 9.17) is 35.8 Å². The maximum Gasteiger partial charge on any atom is 0.322 e. The fourth-order valence-corrected chi connectivity index (χ4v) is 3.97. The lowest BCUT2D eigenvalue weighted by Gasteiger charge is -2.30. The monoisotopic (exact) mass is 482 g/mol. The molecule has 0 aliphatic carbocycles. The van der Waals surface area contributed by atoms with E-state index in [1.807, 2.05) is 6.07 Å². The molecule has 0 bridgehead atoms. The Labute approximate surface area is 201 Å². The summed E-state index contributed by atoms with van der Waals surface area (Å²) >= 11 is 5.94. The first-order valence-electron chi connectivity index (χ1n) is 10.9. The average molecular weight is 483 g/mol. The number of carbonyl (C=O) groups excluding carboxylic acids is 1. The summed E-state index contributed by atoms with van der Waals surface area (Å²) in [5.41, 5.74) is 2.99. The fourth-order valence-electron chi connectivity index (χ4n) is 3.86. The molecule has 1 saturated heterocycles. The second-order valence-electron chi connectivity index (χ2n) is 7.94. The topological polar surface area (TPSA) is 112 Å². The number of carbonyl (C=O) groups is 1. The molecule has 5 rings (SSSR count). The molecule has 0 unspecified atom stereocenters. The standard InChI is InChI=1S/C23H23ClN6O4/c1-32-20-10-15(4-7-25-20)27-23(31)30-8-5-18-17(12-30)22(34-16-6-9-33-13-16)29-21(28-18)14-2-3-19(24)26-11-14/h2-4,7,10-11,16H,5-6,8-9,12-13H2,1H3,(H,25,27,31)/t16-/m1/s1. The molecule has 2 aliphatic rings.